The lowest BCUT2D eigenvalue weighted by Crippen LogP contribution is -2.42. The van der Waals surface area contributed by atoms with Gasteiger partial charge in [-0.3, -0.25) is 4.55 Å². The zero-order valence-corrected chi connectivity index (χ0v) is 8.16. The van der Waals surface area contributed by atoms with Crippen LogP contribution >= 0.6 is 0 Å². The minimum atomic E-state index is -4.39. The number of ether oxygens (including phenoxy) is 1. The van der Waals surface area contributed by atoms with E-state index in [1.54, 1.807) is 0 Å². The van der Waals surface area contributed by atoms with Crippen molar-refractivity contribution in [3.05, 3.63) is 0 Å². The van der Waals surface area contributed by atoms with E-state index in [9.17, 15) is 8.42 Å². The summed E-state index contributed by atoms with van der Waals surface area (Å²) in [5, 5.41) is 1.19. The van der Waals surface area contributed by atoms with Gasteiger partial charge in [0.1, 0.15) is 0 Å². The molecule has 0 bridgehead atoms. The minimum Gasteiger partial charge on any atom is -0.375 e. The van der Waals surface area contributed by atoms with Crippen LogP contribution < -0.4 is 0 Å². The highest BCUT2D eigenvalue weighted by atomic mass is 32.3. The Morgan fingerprint density at radius 2 is 2.38 bits per heavy atom. The van der Waals surface area contributed by atoms with Gasteiger partial charge in [-0.05, 0) is 6.42 Å². The van der Waals surface area contributed by atoms with Crippen LogP contribution in [0.25, 0.3) is 0 Å². The van der Waals surface area contributed by atoms with Gasteiger partial charge in [0.05, 0.1) is 19.3 Å². The fourth-order valence-electron chi connectivity index (χ4n) is 1.14. The molecule has 1 unspecified atom stereocenters. The predicted octanol–water partition coefficient (Wildman–Crippen LogP) is -0.168. The molecule has 1 rings (SSSR count). The third-order valence-electron chi connectivity index (χ3n) is 1.76. The number of hydrogen-bond acceptors (Lipinski definition) is 5. The van der Waals surface area contributed by atoms with E-state index >= 15 is 0 Å². The maximum absolute atomic E-state index is 10.3. The van der Waals surface area contributed by atoms with Crippen LogP contribution in [0.1, 0.15) is 13.3 Å². The van der Waals surface area contributed by atoms with Crippen LogP contribution in [-0.4, -0.2) is 43.8 Å². The first-order chi connectivity index (χ1) is 6.01. The smallest absolute Gasteiger partial charge is 0.375 e. The van der Waals surface area contributed by atoms with Crippen molar-refractivity contribution in [1.82, 2.24) is 5.06 Å². The molecule has 6 nitrogen and oxygen atoms in total. The average Bonchev–Trinajstić information content (AvgIpc) is 2.01. The first kappa shape index (κ1) is 10.9. The Labute approximate surface area is 77.3 Å². The summed E-state index contributed by atoms with van der Waals surface area (Å²) in [6, 6.07) is 0. The lowest BCUT2D eigenvalue weighted by molar-refractivity contribution is -0.148. The fourth-order valence-corrected chi connectivity index (χ4v) is 1.54. The molecule has 0 spiro atoms. The van der Waals surface area contributed by atoms with Crippen molar-refractivity contribution >= 4 is 10.4 Å². The summed E-state index contributed by atoms with van der Waals surface area (Å²) in [5.41, 5.74) is 0. The first-order valence-electron chi connectivity index (χ1n) is 4.05. The average molecular weight is 211 g/mol. The lowest BCUT2D eigenvalue weighted by Gasteiger charge is -2.29. The topological polar surface area (TPSA) is 76.1 Å². The summed E-state index contributed by atoms with van der Waals surface area (Å²) >= 11 is 0. The molecule has 0 aromatic carbocycles. The summed E-state index contributed by atoms with van der Waals surface area (Å²) in [6.07, 6.45) is 0.751. The summed E-state index contributed by atoms with van der Waals surface area (Å²) in [4.78, 5) is 0. The van der Waals surface area contributed by atoms with E-state index in [-0.39, 0.29) is 6.10 Å². The van der Waals surface area contributed by atoms with Crippen molar-refractivity contribution in [2.45, 2.75) is 19.4 Å². The van der Waals surface area contributed by atoms with Gasteiger partial charge in [-0.25, -0.2) is 0 Å². The second kappa shape index (κ2) is 4.34. The van der Waals surface area contributed by atoms with Crippen LogP contribution in [-0.2, 0) is 19.4 Å². The van der Waals surface area contributed by atoms with Gasteiger partial charge in [-0.2, -0.15) is 17.8 Å². The largest absolute Gasteiger partial charge is 0.413 e. The van der Waals surface area contributed by atoms with Crippen LogP contribution in [0.4, 0.5) is 0 Å². The summed E-state index contributed by atoms with van der Waals surface area (Å²) in [7, 11) is -4.39. The van der Waals surface area contributed by atoms with Gasteiger partial charge in [-0.1, -0.05) is 6.92 Å². The predicted molar refractivity (Wildman–Crippen MR) is 44.2 cm³/mol. The molecule has 1 atom stereocenters. The molecule has 1 fully saturated rings. The van der Waals surface area contributed by atoms with Crippen molar-refractivity contribution in [2.75, 3.05) is 19.7 Å². The SMILES string of the molecule is CCC1CN(OS(=O)(=O)O)CCO1. The van der Waals surface area contributed by atoms with Gasteiger partial charge in [0, 0.05) is 6.54 Å². The molecule has 0 aliphatic carbocycles. The highest BCUT2D eigenvalue weighted by Gasteiger charge is 2.23. The van der Waals surface area contributed by atoms with Crippen molar-refractivity contribution in [2.24, 2.45) is 0 Å². The Bertz CT molecular complexity index is 252. The molecule has 1 heterocycles. The van der Waals surface area contributed by atoms with Crippen LogP contribution in [0.3, 0.4) is 0 Å². The molecular weight excluding hydrogens is 198 g/mol. The standard InChI is InChI=1S/C6H13NO5S/c1-2-6-5-7(3-4-11-6)12-13(8,9)10/h6H,2-5H2,1H3,(H,8,9,10). The van der Waals surface area contributed by atoms with Gasteiger partial charge in [0.25, 0.3) is 0 Å². The molecule has 1 aliphatic heterocycles. The fraction of sp³-hybridized carbons (Fsp3) is 1.00. The van der Waals surface area contributed by atoms with Gasteiger partial charge in [-0.15, -0.1) is 0 Å². The molecule has 0 saturated carbocycles. The summed E-state index contributed by atoms with van der Waals surface area (Å²) in [5.74, 6) is 0. The molecule has 0 radical (unpaired) electrons. The molecule has 0 aromatic heterocycles. The van der Waals surface area contributed by atoms with Crippen LogP contribution in [0.15, 0.2) is 0 Å². The Morgan fingerprint density at radius 3 is 2.92 bits per heavy atom. The monoisotopic (exact) mass is 211 g/mol. The quantitative estimate of drug-likeness (QED) is 0.653. The van der Waals surface area contributed by atoms with Crippen molar-refractivity contribution in [3.8, 4) is 0 Å². The van der Waals surface area contributed by atoms with E-state index in [0.29, 0.717) is 19.7 Å². The molecule has 13 heavy (non-hydrogen) atoms. The maximum atomic E-state index is 10.3. The van der Waals surface area contributed by atoms with Crippen molar-refractivity contribution in [1.29, 1.82) is 0 Å². The Hall–Kier alpha value is -0.210. The van der Waals surface area contributed by atoms with E-state index in [4.69, 9.17) is 9.29 Å². The Balaban J connectivity index is 2.43. The maximum Gasteiger partial charge on any atom is 0.413 e. The number of hydroxylamine groups is 2. The molecule has 0 amide bonds. The first-order valence-corrected chi connectivity index (χ1v) is 5.41. The summed E-state index contributed by atoms with van der Waals surface area (Å²) in [6.45, 7) is 3.04. The van der Waals surface area contributed by atoms with Gasteiger partial charge >= 0.3 is 10.4 Å². The molecule has 78 valence electrons. The molecular formula is C6H13NO5S. The van der Waals surface area contributed by atoms with Gasteiger partial charge in [0.15, 0.2) is 0 Å². The number of hydrogen-bond donors (Lipinski definition) is 1. The highest BCUT2D eigenvalue weighted by molar-refractivity contribution is 7.80. The van der Waals surface area contributed by atoms with E-state index < -0.39 is 10.4 Å². The Morgan fingerprint density at radius 1 is 1.69 bits per heavy atom. The molecule has 0 aromatic rings. The normalized spacial score (nSPS) is 26.2. The van der Waals surface area contributed by atoms with Crippen LogP contribution in [0, 0.1) is 0 Å². The van der Waals surface area contributed by atoms with Crippen LogP contribution in [0.5, 0.6) is 0 Å². The Kier molecular flexibility index (Phi) is 3.63. The van der Waals surface area contributed by atoms with Gasteiger partial charge in [0.2, 0.25) is 0 Å². The lowest BCUT2D eigenvalue weighted by atomic mass is 10.2. The molecule has 1 saturated heterocycles. The molecule has 7 heteroatoms. The highest BCUT2D eigenvalue weighted by Crippen LogP contribution is 2.09. The van der Waals surface area contributed by atoms with Gasteiger partial charge < -0.3 is 4.74 Å². The van der Waals surface area contributed by atoms with E-state index in [1.807, 2.05) is 6.92 Å². The zero-order valence-electron chi connectivity index (χ0n) is 7.34. The molecule has 1 N–H and O–H groups in total. The molecule has 1 aliphatic rings. The van der Waals surface area contributed by atoms with E-state index in [1.165, 1.54) is 5.06 Å². The zero-order chi connectivity index (χ0) is 9.90. The van der Waals surface area contributed by atoms with Crippen LogP contribution in [0.2, 0.25) is 0 Å². The third kappa shape index (κ3) is 4.01. The summed E-state index contributed by atoms with van der Waals surface area (Å²) < 4.78 is 38.7. The van der Waals surface area contributed by atoms with Crippen molar-refractivity contribution in [3.63, 3.8) is 0 Å². The second-order valence-corrected chi connectivity index (χ2v) is 3.80. The van der Waals surface area contributed by atoms with E-state index in [0.717, 1.165) is 6.42 Å². The van der Waals surface area contributed by atoms with Crippen molar-refractivity contribution < 1.29 is 22.0 Å². The number of nitrogens with zero attached hydrogens (tertiary/aromatic N) is 1. The third-order valence-corrected chi connectivity index (χ3v) is 2.16. The van der Waals surface area contributed by atoms with E-state index in [2.05, 4.69) is 4.28 Å². The number of morpholine rings is 1. The second-order valence-electron chi connectivity index (χ2n) is 2.79. The minimum absolute atomic E-state index is 0.0319. The number of rotatable bonds is 3.